The Kier molecular flexibility index (Phi) is 4.95. The highest BCUT2D eigenvalue weighted by molar-refractivity contribution is 7.81. The Bertz CT molecular complexity index is 778. The second-order valence-corrected chi connectivity index (χ2v) is 6.32. The molecule has 4 heteroatoms. The van der Waals surface area contributed by atoms with Gasteiger partial charge in [0.05, 0.1) is 24.5 Å². The molecule has 2 aromatic rings. The third kappa shape index (κ3) is 3.49. The highest BCUT2D eigenvalue weighted by atomic mass is 32.1. The van der Waals surface area contributed by atoms with Crippen LogP contribution >= 0.6 is 12.2 Å². The number of thiocarbonyl (C=S) groups is 1. The zero-order chi connectivity index (χ0) is 17.1. The van der Waals surface area contributed by atoms with Crippen molar-refractivity contribution in [1.82, 2.24) is 0 Å². The number of hydrogen-bond donors (Lipinski definition) is 0. The summed E-state index contributed by atoms with van der Waals surface area (Å²) in [5.74, 6) is 0.636. The quantitative estimate of drug-likeness (QED) is 0.471. The van der Waals surface area contributed by atoms with Crippen molar-refractivity contribution in [3.8, 4) is 5.75 Å². The van der Waals surface area contributed by atoms with E-state index in [2.05, 4.69) is 0 Å². The van der Waals surface area contributed by atoms with E-state index in [-0.39, 0.29) is 12.4 Å². The molecule has 0 N–H and O–H groups in total. The van der Waals surface area contributed by atoms with Gasteiger partial charge in [-0.3, -0.25) is 4.79 Å². The number of rotatable bonds is 5. The van der Waals surface area contributed by atoms with Crippen molar-refractivity contribution < 1.29 is 14.3 Å². The van der Waals surface area contributed by atoms with Crippen LogP contribution in [0.4, 0.5) is 0 Å². The van der Waals surface area contributed by atoms with Gasteiger partial charge in [0.2, 0.25) is 0 Å². The van der Waals surface area contributed by atoms with E-state index >= 15 is 0 Å². The minimum absolute atomic E-state index is 0.219. The summed E-state index contributed by atoms with van der Waals surface area (Å²) in [5, 5.41) is 0. The number of ether oxygens (including phenoxy) is 2. The SMILES string of the molecule is CCOC(=O)Cc1cc2c(c(C(=S)c3ccc(C)cc3)c1)OCC2. The first kappa shape index (κ1) is 16.7. The van der Waals surface area contributed by atoms with E-state index in [4.69, 9.17) is 21.7 Å². The minimum Gasteiger partial charge on any atom is -0.492 e. The first-order chi connectivity index (χ1) is 11.6. The Labute approximate surface area is 147 Å². The average Bonchev–Trinajstić information content (AvgIpc) is 3.02. The molecular formula is C20H20O3S. The fourth-order valence-electron chi connectivity index (χ4n) is 2.88. The monoisotopic (exact) mass is 340 g/mol. The molecule has 0 saturated carbocycles. The number of benzene rings is 2. The van der Waals surface area contributed by atoms with Gasteiger partial charge in [0.15, 0.2) is 0 Å². The first-order valence-electron chi connectivity index (χ1n) is 8.14. The summed E-state index contributed by atoms with van der Waals surface area (Å²) in [7, 11) is 0. The molecule has 124 valence electrons. The van der Waals surface area contributed by atoms with Crippen molar-refractivity contribution >= 4 is 23.1 Å². The van der Waals surface area contributed by atoms with E-state index in [1.165, 1.54) is 5.56 Å². The maximum atomic E-state index is 11.8. The van der Waals surface area contributed by atoms with Crippen LogP contribution in [-0.4, -0.2) is 24.0 Å². The van der Waals surface area contributed by atoms with Gasteiger partial charge in [-0.05, 0) is 36.6 Å². The molecule has 1 heterocycles. The molecule has 0 aliphatic carbocycles. The molecule has 3 rings (SSSR count). The van der Waals surface area contributed by atoms with Crippen LogP contribution in [0.5, 0.6) is 5.75 Å². The zero-order valence-electron chi connectivity index (χ0n) is 13.9. The van der Waals surface area contributed by atoms with E-state index in [1.54, 1.807) is 0 Å². The molecular weight excluding hydrogens is 320 g/mol. The van der Waals surface area contributed by atoms with Gasteiger partial charge >= 0.3 is 5.97 Å². The summed E-state index contributed by atoms with van der Waals surface area (Å²) in [4.78, 5) is 12.6. The topological polar surface area (TPSA) is 35.5 Å². The van der Waals surface area contributed by atoms with Crippen LogP contribution < -0.4 is 4.74 Å². The molecule has 0 aromatic heterocycles. The minimum atomic E-state index is -0.219. The van der Waals surface area contributed by atoms with Gasteiger partial charge in [-0.15, -0.1) is 0 Å². The van der Waals surface area contributed by atoms with E-state index in [0.29, 0.717) is 13.2 Å². The lowest BCUT2D eigenvalue weighted by atomic mass is 9.96. The van der Waals surface area contributed by atoms with Crippen LogP contribution in [-0.2, 0) is 22.4 Å². The molecule has 2 aromatic carbocycles. The number of fused-ring (bicyclic) bond motifs is 1. The summed E-state index contributed by atoms with van der Waals surface area (Å²) in [6.45, 7) is 4.91. The van der Waals surface area contributed by atoms with E-state index in [9.17, 15) is 4.79 Å². The second-order valence-electron chi connectivity index (χ2n) is 5.91. The van der Waals surface area contributed by atoms with Crippen LogP contribution in [0.2, 0.25) is 0 Å². The van der Waals surface area contributed by atoms with Crippen LogP contribution in [0.25, 0.3) is 0 Å². The van der Waals surface area contributed by atoms with Crippen molar-refractivity contribution in [3.63, 3.8) is 0 Å². The van der Waals surface area contributed by atoms with Crippen LogP contribution in [0.3, 0.4) is 0 Å². The smallest absolute Gasteiger partial charge is 0.310 e. The molecule has 0 fully saturated rings. The molecule has 1 aliphatic rings. The van der Waals surface area contributed by atoms with Gasteiger partial charge in [-0.1, -0.05) is 48.1 Å². The van der Waals surface area contributed by atoms with Crippen molar-refractivity contribution in [2.24, 2.45) is 0 Å². The number of carbonyl (C=O) groups is 1. The fraction of sp³-hybridized carbons (Fsp3) is 0.300. The van der Waals surface area contributed by atoms with E-state index in [1.807, 2.05) is 50.2 Å². The molecule has 0 atom stereocenters. The average molecular weight is 340 g/mol. The molecule has 0 radical (unpaired) electrons. The Morgan fingerprint density at radius 2 is 2.00 bits per heavy atom. The lowest BCUT2D eigenvalue weighted by Gasteiger charge is -2.13. The Hall–Kier alpha value is -2.20. The number of hydrogen-bond acceptors (Lipinski definition) is 4. The Morgan fingerprint density at radius 3 is 2.71 bits per heavy atom. The van der Waals surface area contributed by atoms with E-state index < -0.39 is 0 Å². The Morgan fingerprint density at radius 1 is 1.25 bits per heavy atom. The predicted octanol–water partition coefficient (Wildman–Crippen LogP) is 3.80. The van der Waals surface area contributed by atoms with Crippen molar-refractivity contribution in [2.75, 3.05) is 13.2 Å². The lowest BCUT2D eigenvalue weighted by Crippen LogP contribution is -2.09. The zero-order valence-corrected chi connectivity index (χ0v) is 14.7. The normalized spacial score (nSPS) is 12.4. The number of carbonyl (C=O) groups excluding carboxylic acids is 1. The highest BCUT2D eigenvalue weighted by Crippen LogP contribution is 2.33. The summed E-state index contributed by atoms with van der Waals surface area (Å²) >= 11 is 5.70. The molecule has 3 nitrogen and oxygen atoms in total. The molecule has 1 aliphatic heterocycles. The molecule has 24 heavy (non-hydrogen) atoms. The van der Waals surface area contributed by atoms with Gasteiger partial charge < -0.3 is 9.47 Å². The summed E-state index contributed by atoms with van der Waals surface area (Å²) < 4.78 is 10.9. The Balaban J connectivity index is 1.97. The third-order valence-electron chi connectivity index (χ3n) is 4.06. The fourth-order valence-corrected chi connectivity index (χ4v) is 3.17. The lowest BCUT2D eigenvalue weighted by molar-refractivity contribution is -0.142. The molecule has 0 saturated heterocycles. The maximum Gasteiger partial charge on any atom is 0.310 e. The third-order valence-corrected chi connectivity index (χ3v) is 4.51. The van der Waals surface area contributed by atoms with Crippen molar-refractivity contribution in [2.45, 2.75) is 26.7 Å². The van der Waals surface area contributed by atoms with Crippen LogP contribution in [0, 0.1) is 6.92 Å². The number of aryl methyl sites for hydroxylation is 1. The van der Waals surface area contributed by atoms with Crippen LogP contribution in [0.1, 0.15) is 34.7 Å². The van der Waals surface area contributed by atoms with Crippen LogP contribution in [0.15, 0.2) is 36.4 Å². The second kappa shape index (κ2) is 7.14. The molecule has 0 spiro atoms. The molecule has 0 amide bonds. The predicted molar refractivity (Wildman–Crippen MR) is 98.0 cm³/mol. The maximum absolute atomic E-state index is 11.8. The first-order valence-corrected chi connectivity index (χ1v) is 8.55. The highest BCUT2D eigenvalue weighted by Gasteiger charge is 2.22. The molecule has 0 unspecified atom stereocenters. The van der Waals surface area contributed by atoms with Gasteiger partial charge in [0.1, 0.15) is 5.75 Å². The standard InChI is InChI=1S/C20H20O3S/c1-3-22-18(21)12-14-10-16-8-9-23-19(16)17(11-14)20(24)15-6-4-13(2)5-7-15/h4-7,10-11H,3,8-9,12H2,1-2H3. The largest absolute Gasteiger partial charge is 0.492 e. The van der Waals surface area contributed by atoms with Crippen molar-refractivity contribution in [1.29, 1.82) is 0 Å². The molecule has 0 bridgehead atoms. The van der Waals surface area contributed by atoms with Gasteiger partial charge in [0.25, 0.3) is 0 Å². The summed E-state index contributed by atoms with van der Waals surface area (Å²) in [5.41, 5.74) is 5.10. The van der Waals surface area contributed by atoms with E-state index in [0.717, 1.165) is 39.3 Å². The van der Waals surface area contributed by atoms with Crippen molar-refractivity contribution in [3.05, 3.63) is 64.2 Å². The van der Waals surface area contributed by atoms with Gasteiger partial charge in [-0.25, -0.2) is 0 Å². The summed E-state index contributed by atoms with van der Waals surface area (Å²) in [6.07, 6.45) is 1.10. The van der Waals surface area contributed by atoms with Gasteiger partial charge in [-0.2, -0.15) is 0 Å². The summed E-state index contributed by atoms with van der Waals surface area (Å²) in [6, 6.07) is 12.1. The van der Waals surface area contributed by atoms with Gasteiger partial charge in [0, 0.05) is 12.0 Å². The number of esters is 1.